The molecule has 0 saturated heterocycles. The molecular formula is C12H14BrN3O2S. The SMILES string of the molecule is CCc1nnc(NCc2ccc(OC)c(O)c2Br)s1. The predicted molar refractivity (Wildman–Crippen MR) is 79.0 cm³/mol. The van der Waals surface area contributed by atoms with Crippen molar-refractivity contribution in [1.29, 1.82) is 0 Å². The summed E-state index contributed by atoms with van der Waals surface area (Å²) in [6.07, 6.45) is 0.881. The molecule has 2 rings (SSSR count). The summed E-state index contributed by atoms with van der Waals surface area (Å²) in [5, 5.41) is 22.9. The van der Waals surface area contributed by atoms with E-state index in [0.29, 0.717) is 16.8 Å². The number of phenolic OH excluding ortho intramolecular Hbond substituents is 1. The van der Waals surface area contributed by atoms with Crippen LogP contribution >= 0.6 is 27.3 Å². The van der Waals surface area contributed by atoms with Gasteiger partial charge in [-0.3, -0.25) is 0 Å². The molecule has 0 aliphatic heterocycles. The van der Waals surface area contributed by atoms with Gasteiger partial charge < -0.3 is 15.2 Å². The number of benzene rings is 1. The summed E-state index contributed by atoms with van der Waals surface area (Å²) < 4.78 is 5.67. The first kappa shape index (κ1) is 14.1. The topological polar surface area (TPSA) is 67.3 Å². The van der Waals surface area contributed by atoms with Gasteiger partial charge in [-0.05, 0) is 34.0 Å². The van der Waals surface area contributed by atoms with E-state index in [1.165, 1.54) is 18.4 Å². The fraction of sp³-hybridized carbons (Fsp3) is 0.333. The Hall–Kier alpha value is -1.34. The van der Waals surface area contributed by atoms with E-state index in [1.54, 1.807) is 6.07 Å². The summed E-state index contributed by atoms with van der Waals surface area (Å²) in [6.45, 7) is 2.60. The quantitative estimate of drug-likeness (QED) is 0.872. The first-order valence-corrected chi connectivity index (χ1v) is 7.37. The Morgan fingerprint density at radius 3 is 2.84 bits per heavy atom. The number of nitrogens with one attached hydrogen (secondary N) is 1. The van der Waals surface area contributed by atoms with Gasteiger partial charge in [-0.2, -0.15) is 0 Å². The molecule has 0 bridgehead atoms. The first-order chi connectivity index (χ1) is 9.15. The Morgan fingerprint density at radius 2 is 2.21 bits per heavy atom. The lowest BCUT2D eigenvalue weighted by molar-refractivity contribution is 0.371. The van der Waals surface area contributed by atoms with Crippen LogP contribution in [-0.4, -0.2) is 22.4 Å². The van der Waals surface area contributed by atoms with Gasteiger partial charge in [-0.25, -0.2) is 0 Å². The van der Waals surface area contributed by atoms with Crippen molar-refractivity contribution in [2.75, 3.05) is 12.4 Å². The maximum atomic E-state index is 9.89. The van der Waals surface area contributed by atoms with Gasteiger partial charge in [-0.15, -0.1) is 10.2 Å². The zero-order chi connectivity index (χ0) is 13.8. The Bertz CT molecular complexity index is 574. The number of aryl methyl sites for hydroxylation is 1. The van der Waals surface area contributed by atoms with Gasteiger partial charge in [0.05, 0.1) is 11.6 Å². The fourth-order valence-electron chi connectivity index (χ4n) is 1.53. The summed E-state index contributed by atoms with van der Waals surface area (Å²) in [7, 11) is 1.52. The minimum absolute atomic E-state index is 0.105. The van der Waals surface area contributed by atoms with E-state index in [2.05, 4.69) is 31.4 Å². The highest BCUT2D eigenvalue weighted by molar-refractivity contribution is 9.10. The summed E-state index contributed by atoms with van der Waals surface area (Å²) >= 11 is 4.90. The van der Waals surface area contributed by atoms with Crippen molar-refractivity contribution in [1.82, 2.24) is 10.2 Å². The van der Waals surface area contributed by atoms with Gasteiger partial charge >= 0.3 is 0 Å². The molecule has 5 nitrogen and oxygen atoms in total. The zero-order valence-electron chi connectivity index (χ0n) is 10.6. The van der Waals surface area contributed by atoms with Crippen molar-refractivity contribution in [3.05, 3.63) is 27.2 Å². The molecule has 1 aromatic carbocycles. The molecule has 1 aromatic heterocycles. The van der Waals surface area contributed by atoms with E-state index in [4.69, 9.17) is 4.74 Å². The van der Waals surface area contributed by atoms with Crippen LogP contribution in [-0.2, 0) is 13.0 Å². The normalized spacial score (nSPS) is 10.5. The lowest BCUT2D eigenvalue weighted by Gasteiger charge is -2.10. The molecular weight excluding hydrogens is 330 g/mol. The molecule has 0 saturated carbocycles. The Kier molecular flexibility index (Phi) is 4.60. The minimum Gasteiger partial charge on any atom is -0.503 e. The van der Waals surface area contributed by atoms with Crippen molar-refractivity contribution in [3.8, 4) is 11.5 Å². The maximum Gasteiger partial charge on any atom is 0.205 e. The number of halogens is 1. The highest BCUT2D eigenvalue weighted by Gasteiger charge is 2.11. The molecule has 0 amide bonds. The summed E-state index contributed by atoms with van der Waals surface area (Å²) in [5.41, 5.74) is 0.923. The van der Waals surface area contributed by atoms with Crippen LogP contribution in [0.5, 0.6) is 11.5 Å². The fourth-order valence-corrected chi connectivity index (χ4v) is 2.67. The number of anilines is 1. The van der Waals surface area contributed by atoms with Gasteiger partial charge in [0.15, 0.2) is 11.5 Å². The number of aromatic hydroxyl groups is 1. The summed E-state index contributed by atoms with van der Waals surface area (Å²) in [5.74, 6) is 0.549. The second kappa shape index (κ2) is 6.21. The number of methoxy groups -OCH3 is 1. The molecule has 2 aromatic rings. The third kappa shape index (κ3) is 3.16. The van der Waals surface area contributed by atoms with E-state index < -0.39 is 0 Å². The molecule has 2 N–H and O–H groups in total. The average molecular weight is 344 g/mol. The third-order valence-corrected chi connectivity index (χ3v) is 4.49. The monoisotopic (exact) mass is 343 g/mol. The smallest absolute Gasteiger partial charge is 0.205 e. The van der Waals surface area contributed by atoms with Gasteiger partial charge in [-0.1, -0.05) is 24.3 Å². The van der Waals surface area contributed by atoms with Crippen molar-refractivity contribution in [2.45, 2.75) is 19.9 Å². The van der Waals surface area contributed by atoms with Crippen molar-refractivity contribution >= 4 is 32.4 Å². The van der Waals surface area contributed by atoms with Gasteiger partial charge in [0.1, 0.15) is 5.01 Å². The highest BCUT2D eigenvalue weighted by Crippen LogP contribution is 2.36. The Morgan fingerprint density at radius 1 is 1.42 bits per heavy atom. The van der Waals surface area contributed by atoms with Crippen LogP contribution in [0.4, 0.5) is 5.13 Å². The molecule has 0 atom stereocenters. The molecule has 0 spiro atoms. The van der Waals surface area contributed by atoms with E-state index >= 15 is 0 Å². The second-order valence-corrected chi connectivity index (χ2v) is 5.65. The largest absolute Gasteiger partial charge is 0.503 e. The Labute approximate surface area is 123 Å². The lowest BCUT2D eigenvalue weighted by atomic mass is 10.2. The lowest BCUT2D eigenvalue weighted by Crippen LogP contribution is -2.00. The number of aromatic nitrogens is 2. The van der Waals surface area contributed by atoms with Crippen molar-refractivity contribution < 1.29 is 9.84 Å². The molecule has 0 aliphatic rings. The number of rotatable bonds is 5. The average Bonchev–Trinajstić information content (AvgIpc) is 2.88. The number of hydrogen-bond donors (Lipinski definition) is 2. The predicted octanol–water partition coefficient (Wildman–Crippen LogP) is 3.19. The molecule has 19 heavy (non-hydrogen) atoms. The number of ether oxygens (including phenoxy) is 1. The van der Waals surface area contributed by atoms with Crippen LogP contribution in [0.2, 0.25) is 0 Å². The maximum absolute atomic E-state index is 9.89. The molecule has 0 aliphatic carbocycles. The third-order valence-electron chi connectivity index (χ3n) is 2.58. The van der Waals surface area contributed by atoms with E-state index in [0.717, 1.165) is 22.1 Å². The van der Waals surface area contributed by atoms with Crippen LogP contribution in [0, 0.1) is 0 Å². The van der Waals surface area contributed by atoms with Crippen LogP contribution in [0.15, 0.2) is 16.6 Å². The number of nitrogens with zero attached hydrogens (tertiary/aromatic N) is 2. The van der Waals surface area contributed by atoms with Gasteiger partial charge in [0.25, 0.3) is 0 Å². The van der Waals surface area contributed by atoms with Crippen molar-refractivity contribution in [3.63, 3.8) is 0 Å². The van der Waals surface area contributed by atoms with Crippen LogP contribution < -0.4 is 10.1 Å². The zero-order valence-corrected chi connectivity index (χ0v) is 13.0. The van der Waals surface area contributed by atoms with Gasteiger partial charge in [0, 0.05) is 6.54 Å². The Balaban J connectivity index is 2.09. The van der Waals surface area contributed by atoms with E-state index in [9.17, 15) is 5.11 Å². The molecule has 102 valence electrons. The van der Waals surface area contributed by atoms with Crippen LogP contribution in [0.25, 0.3) is 0 Å². The summed E-state index contributed by atoms with van der Waals surface area (Å²) in [4.78, 5) is 0. The standard InChI is InChI=1S/C12H14BrN3O2S/c1-3-9-15-16-12(19-9)14-6-7-4-5-8(18-2)11(17)10(7)13/h4-5,17H,3,6H2,1-2H3,(H,14,16). The highest BCUT2D eigenvalue weighted by atomic mass is 79.9. The molecule has 7 heteroatoms. The molecule has 1 heterocycles. The van der Waals surface area contributed by atoms with Crippen molar-refractivity contribution in [2.24, 2.45) is 0 Å². The molecule has 0 radical (unpaired) electrons. The van der Waals surface area contributed by atoms with E-state index in [-0.39, 0.29) is 5.75 Å². The van der Waals surface area contributed by atoms with Crippen LogP contribution in [0.1, 0.15) is 17.5 Å². The minimum atomic E-state index is 0.105. The van der Waals surface area contributed by atoms with Gasteiger partial charge in [0.2, 0.25) is 5.13 Å². The van der Waals surface area contributed by atoms with Crippen LogP contribution in [0.3, 0.4) is 0 Å². The molecule has 0 fully saturated rings. The number of hydrogen-bond acceptors (Lipinski definition) is 6. The van der Waals surface area contributed by atoms with E-state index in [1.807, 2.05) is 13.0 Å². The molecule has 0 unspecified atom stereocenters. The second-order valence-electron chi connectivity index (χ2n) is 3.80. The summed E-state index contributed by atoms with van der Waals surface area (Å²) in [6, 6.07) is 3.62. The number of phenols is 1. The first-order valence-electron chi connectivity index (χ1n) is 5.76.